The average molecular weight is 466 g/mol. The standard InChI is InChI=1S/C20H21F3N6O2S/c1-32(30,31)18-16(20(21,22)23)7-6-15(17(18)19-25-27-28-26-19)13-4-2-12(3-5-13)14-10-29(11-14)9-8-24/h2-7,14H,8-11,24H2,1H3,(H,25,26,27,28). The van der Waals surface area contributed by atoms with Crippen LogP contribution in [0.1, 0.15) is 17.0 Å². The van der Waals surface area contributed by atoms with Crippen LogP contribution >= 0.6 is 0 Å². The number of aromatic amines is 1. The Bertz CT molecular complexity index is 1210. The van der Waals surface area contributed by atoms with Gasteiger partial charge in [0.05, 0.1) is 10.5 Å². The van der Waals surface area contributed by atoms with Crippen molar-refractivity contribution >= 4 is 9.84 Å². The first kappa shape index (κ1) is 22.4. The van der Waals surface area contributed by atoms with Crippen LogP contribution in [0.5, 0.6) is 0 Å². The first-order chi connectivity index (χ1) is 15.1. The normalized spacial score (nSPS) is 15.7. The highest BCUT2D eigenvalue weighted by molar-refractivity contribution is 7.91. The van der Waals surface area contributed by atoms with E-state index in [1.54, 1.807) is 12.1 Å². The van der Waals surface area contributed by atoms with Gasteiger partial charge in [0.15, 0.2) is 15.7 Å². The minimum Gasteiger partial charge on any atom is -0.329 e. The molecule has 170 valence electrons. The van der Waals surface area contributed by atoms with Crippen molar-refractivity contribution < 1.29 is 21.6 Å². The number of hydrogen-bond donors (Lipinski definition) is 2. The Morgan fingerprint density at radius 3 is 2.38 bits per heavy atom. The second-order valence-corrected chi connectivity index (χ2v) is 9.70. The summed E-state index contributed by atoms with van der Waals surface area (Å²) in [5.41, 5.74) is 6.03. The van der Waals surface area contributed by atoms with Crippen LogP contribution in [-0.4, -0.2) is 66.4 Å². The summed E-state index contributed by atoms with van der Waals surface area (Å²) >= 11 is 0. The van der Waals surface area contributed by atoms with Crippen LogP contribution in [-0.2, 0) is 16.0 Å². The lowest BCUT2D eigenvalue weighted by molar-refractivity contribution is -0.139. The molecule has 0 bridgehead atoms. The van der Waals surface area contributed by atoms with Crippen LogP contribution in [0.4, 0.5) is 13.2 Å². The van der Waals surface area contributed by atoms with Crippen molar-refractivity contribution in [2.24, 2.45) is 5.73 Å². The summed E-state index contributed by atoms with van der Waals surface area (Å²) in [6, 6.07) is 9.37. The first-order valence-corrected chi connectivity index (χ1v) is 11.7. The maximum absolute atomic E-state index is 13.7. The molecule has 1 aliphatic rings. The van der Waals surface area contributed by atoms with Crippen molar-refractivity contribution in [1.29, 1.82) is 0 Å². The zero-order valence-electron chi connectivity index (χ0n) is 17.1. The van der Waals surface area contributed by atoms with E-state index in [9.17, 15) is 21.6 Å². The lowest BCUT2D eigenvalue weighted by atomic mass is 9.89. The van der Waals surface area contributed by atoms with Crippen LogP contribution < -0.4 is 5.73 Å². The lowest BCUT2D eigenvalue weighted by Gasteiger charge is -2.39. The largest absolute Gasteiger partial charge is 0.417 e. The van der Waals surface area contributed by atoms with E-state index >= 15 is 0 Å². The Labute approximate surface area is 182 Å². The predicted octanol–water partition coefficient (Wildman–Crippen LogP) is 2.31. The number of nitrogens with one attached hydrogen (secondary N) is 1. The number of alkyl halides is 3. The number of benzene rings is 2. The molecule has 0 amide bonds. The third-order valence-corrected chi connectivity index (χ3v) is 6.68. The minimum atomic E-state index is -4.87. The molecule has 0 aliphatic carbocycles. The van der Waals surface area contributed by atoms with Gasteiger partial charge in [-0.3, -0.25) is 0 Å². The predicted molar refractivity (Wildman–Crippen MR) is 111 cm³/mol. The molecule has 0 spiro atoms. The first-order valence-electron chi connectivity index (χ1n) is 9.80. The van der Waals surface area contributed by atoms with Gasteiger partial charge in [0, 0.05) is 43.9 Å². The molecular weight excluding hydrogens is 445 g/mol. The molecule has 1 aromatic heterocycles. The highest BCUT2D eigenvalue weighted by Crippen LogP contribution is 2.43. The molecule has 3 aromatic rings. The molecule has 4 rings (SSSR count). The van der Waals surface area contributed by atoms with Crippen LogP contribution in [0.2, 0.25) is 0 Å². The van der Waals surface area contributed by atoms with Gasteiger partial charge in [-0.25, -0.2) is 13.5 Å². The molecular formula is C20H21F3N6O2S. The Balaban J connectivity index is 1.81. The van der Waals surface area contributed by atoms with Crippen molar-refractivity contribution in [1.82, 2.24) is 25.5 Å². The number of sulfone groups is 1. The molecule has 1 saturated heterocycles. The Morgan fingerprint density at radius 2 is 1.84 bits per heavy atom. The molecule has 0 radical (unpaired) electrons. The molecule has 2 aromatic carbocycles. The minimum absolute atomic E-state index is 0.160. The summed E-state index contributed by atoms with van der Waals surface area (Å²) in [4.78, 5) is 1.38. The summed E-state index contributed by atoms with van der Waals surface area (Å²) in [7, 11) is -4.28. The number of tetrazole rings is 1. The van der Waals surface area contributed by atoms with Crippen molar-refractivity contribution in [2.75, 3.05) is 32.4 Å². The zero-order chi connectivity index (χ0) is 23.1. The number of nitrogens with zero attached hydrogens (tertiary/aromatic N) is 4. The van der Waals surface area contributed by atoms with E-state index in [2.05, 4.69) is 25.5 Å². The van der Waals surface area contributed by atoms with Crippen molar-refractivity contribution in [3.8, 4) is 22.5 Å². The van der Waals surface area contributed by atoms with E-state index in [4.69, 9.17) is 5.73 Å². The highest BCUT2D eigenvalue weighted by Gasteiger charge is 2.39. The number of hydrogen-bond acceptors (Lipinski definition) is 7. The molecule has 1 fully saturated rings. The van der Waals surface area contributed by atoms with Crippen LogP contribution in [0.25, 0.3) is 22.5 Å². The maximum atomic E-state index is 13.7. The molecule has 2 heterocycles. The third-order valence-electron chi connectivity index (χ3n) is 5.51. The molecule has 3 N–H and O–H groups in total. The number of rotatable bonds is 6. The van der Waals surface area contributed by atoms with Crippen molar-refractivity contribution in [3.05, 3.63) is 47.5 Å². The van der Waals surface area contributed by atoms with E-state index in [1.807, 2.05) is 12.1 Å². The highest BCUT2D eigenvalue weighted by atomic mass is 32.2. The molecule has 32 heavy (non-hydrogen) atoms. The van der Waals surface area contributed by atoms with E-state index < -0.39 is 26.5 Å². The molecule has 8 nitrogen and oxygen atoms in total. The SMILES string of the molecule is CS(=O)(=O)c1c(C(F)(F)F)ccc(-c2ccc(C3CN(CCN)C3)cc2)c1-c1nnn[nH]1. The lowest BCUT2D eigenvalue weighted by Crippen LogP contribution is -2.46. The van der Waals surface area contributed by atoms with Gasteiger partial charge in [-0.1, -0.05) is 30.3 Å². The number of likely N-dealkylation sites (tertiary alicyclic amines) is 1. The van der Waals surface area contributed by atoms with E-state index in [-0.39, 0.29) is 17.0 Å². The number of aromatic nitrogens is 4. The quantitative estimate of drug-likeness (QED) is 0.572. The van der Waals surface area contributed by atoms with Crippen LogP contribution in [0.15, 0.2) is 41.3 Å². The fourth-order valence-corrected chi connectivity index (χ4v) is 5.17. The van der Waals surface area contributed by atoms with Gasteiger partial charge in [-0.05, 0) is 33.2 Å². The topological polar surface area (TPSA) is 118 Å². The summed E-state index contributed by atoms with van der Waals surface area (Å²) in [5, 5.41) is 12.9. The van der Waals surface area contributed by atoms with Gasteiger partial charge in [-0.15, -0.1) is 5.10 Å². The van der Waals surface area contributed by atoms with Crippen LogP contribution in [0.3, 0.4) is 0 Å². The second-order valence-electron chi connectivity index (χ2n) is 7.75. The number of H-pyrrole nitrogens is 1. The average Bonchev–Trinajstić information content (AvgIpc) is 3.23. The molecule has 1 aliphatic heterocycles. The van der Waals surface area contributed by atoms with Gasteiger partial charge in [0.25, 0.3) is 0 Å². The van der Waals surface area contributed by atoms with Gasteiger partial charge in [-0.2, -0.15) is 13.2 Å². The Hall–Kier alpha value is -2.83. The van der Waals surface area contributed by atoms with E-state index in [1.165, 1.54) is 6.07 Å². The van der Waals surface area contributed by atoms with Crippen molar-refractivity contribution in [3.63, 3.8) is 0 Å². The number of halogens is 3. The summed E-state index contributed by atoms with van der Waals surface area (Å²) in [6.07, 6.45) is -4.13. The second kappa shape index (κ2) is 8.26. The Kier molecular flexibility index (Phi) is 5.77. The van der Waals surface area contributed by atoms with Gasteiger partial charge in [0.1, 0.15) is 0 Å². The molecule has 0 unspecified atom stereocenters. The fraction of sp³-hybridized carbons (Fsp3) is 0.350. The van der Waals surface area contributed by atoms with Gasteiger partial charge >= 0.3 is 6.18 Å². The number of nitrogens with two attached hydrogens (primary N) is 1. The molecule has 0 atom stereocenters. The fourth-order valence-electron chi connectivity index (χ4n) is 4.01. The summed E-state index contributed by atoms with van der Waals surface area (Å²) in [6.45, 7) is 3.22. The van der Waals surface area contributed by atoms with Crippen LogP contribution in [0, 0.1) is 0 Å². The molecule has 12 heteroatoms. The smallest absolute Gasteiger partial charge is 0.329 e. The monoisotopic (exact) mass is 466 g/mol. The van der Waals surface area contributed by atoms with E-state index in [0.29, 0.717) is 18.0 Å². The Morgan fingerprint density at radius 1 is 1.16 bits per heavy atom. The van der Waals surface area contributed by atoms with E-state index in [0.717, 1.165) is 37.5 Å². The summed E-state index contributed by atoms with van der Waals surface area (Å²) < 4.78 is 66.0. The maximum Gasteiger partial charge on any atom is 0.417 e. The zero-order valence-corrected chi connectivity index (χ0v) is 17.9. The molecule has 0 saturated carbocycles. The third kappa shape index (κ3) is 4.25. The summed E-state index contributed by atoms with van der Waals surface area (Å²) in [5.74, 6) is 0.194. The van der Waals surface area contributed by atoms with Gasteiger partial charge in [0.2, 0.25) is 0 Å². The van der Waals surface area contributed by atoms with Gasteiger partial charge < -0.3 is 10.6 Å². The van der Waals surface area contributed by atoms with Crippen molar-refractivity contribution in [2.45, 2.75) is 17.0 Å².